The summed E-state index contributed by atoms with van der Waals surface area (Å²) >= 11 is 0.707. The zero-order valence-corrected chi connectivity index (χ0v) is 19.9. The topological polar surface area (TPSA) is 113 Å². The number of benzene rings is 2. The molecule has 7 nitrogen and oxygen atoms in total. The lowest BCUT2D eigenvalue weighted by Gasteiger charge is -2.34. The molecule has 0 spiro atoms. The highest BCUT2D eigenvalue weighted by atomic mass is 32.2. The fourth-order valence-corrected chi connectivity index (χ4v) is 4.73. The predicted octanol–water partition coefficient (Wildman–Crippen LogP) is 3.18. The second kappa shape index (κ2) is 12.2. The summed E-state index contributed by atoms with van der Waals surface area (Å²) in [5.74, 6) is -2.40. The van der Waals surface area contributed by atoms with Crippen molar-refractivity contribution in [2.24, 2.45) is 5.92 Å². The molecule has 2 aromatic carbocycles. The van der Waals surface area contributed by atoms with E-state index in [1.807, 2.05) is 38.1 Å². The van der Waals surface area contributed by atoms with Crippen LogP contribution in [0.15, 0.2) is 60.7 Å². The summed E-state index contributed by atoms with van der Waals surface area (Å²) in [4.78, 5) is 48.7. The summed E-state index contributed by atoms with van der Waals surface area (Å²) in [5.41, 5.74) is 1.50. The van der Waals surface area contributed by atoms with Crippen molar-refractivity contribution in [3.8, 4) is 0 Å². The molecule has 0 saturated carbocycles. The van der Waals surface area contributed by atoms with Gasteiger partial charge in [0.05, 0.1) is 6.42 Å². The fourth-order valence-electron chi connectivity index (χ4n) is 3.51. The van der Waals surface area contributed by atoms with Gasteiger partial charge in [-0.3, -0.25) is 14.4 Å². The Kier molecular flexibility index (Phi) is 9.66. The molecule has 2 atom stereocenters. The summed E-state index contributed by atoms with van der Waals surface area (Å²) in [6.07, 6.45) is 0.252. The number of carboxylic acids is 1. The molecule has 1 unspecified atom stereocenters. The molecule has 33 heavy (non-hydrogen) atoms. The number of carbonyl (C=O) groups excluding carboxylic acids is 3. The molecule has 8 heteroatoms. The third-order valence-corrected chi connectivity index (χ3v) is 5.91. The Morgan fingerprint density at radius 3 is 1.97 bits per heavy atom. The van der Waals surface area contributed by atoms with Gasteiger partial charge in [0.2, 0.25) is 5.91 Å². The van der Waals surface area contributed by atoms with Crippen LogP contribution >= 0.6 is 11.8 Å². The molecule has 2 aromatic rings. The fraction of sp³-hybridized carbons (Fsp3) is 0.360. The number of hydrogen-bond donors (Lipinski definition) is 3. The normalized spacial score (nSPS) is 13.6. The van der Waals surface area contributed by atoms with E-state index in [2.05, 4.69) is 10.6 Å². The smallest absolute Gasteiger partial charge is 0.326 e. The average molecular weight is 471 g/mol. The molecular weight excluding hydrogens is 440 g/mol. The van der Waals surface area contributed by atoms with Crippen LogP contribution in [0, 0.1) is 5.92 Å². The first-order valence-corrected chi connectivity index (χ1v) is 11.5. The molecule has 0 aromatic heterocycles. The van der Waals surface area contributed by atoms with Crippen LogP contribution in [-0.4, -0.2) is 38.9 Å². The van der Waals surface area contributed by atoms with E-state index in [4.69, 9.17) is 0 Å². The summed E-state index contributed by atoms with van der Waals surface area (Å²) < 4.78 is 0. The summed E-state index contributed by atoms with van der Waals surface area (Å²) in [7, 11) is 0. The van der Waals surface area contributed by atoms with Crippen molar-refractivity contribution in [1.82, 2.24) is 10.6 Å². The van der Waals surface area contributed by atoms with Crippen LogP contribution in [0.4, 0.5) is 0 Å². The van der Waals surface area contributed by atoms with Gasteiger partial charge < -0.3 is 15.7 Å². The SMILES string of the molecule is CC(=O)SC(CC(C)C)(NC(=O)Cc1ccccc1)C(=O)N[C@@H](Cc1ccccc1)C(=O)O. The molecule has 3 N–H and O–H groups in total. The van der Waals surface area contributed by atoms with E-state index in [0.717, 1.165) is 11.1 Å². The Labute approximate surface area is 198 Å². The van der Waals surface area contributed by atoms with Crippen molar-refractivity contribution < 1.29 is 24.3 Å². The molecule has 0 radical (unpaired) electrons. The lowest BCUT2D eigenvalue weighted by atomic mass is 10.00. The number of aliphatic carboxylic acids is 1. The van der Waals surface area contributed by atoms with Crippen LogP contribution in [0.25, 0.3) is 0 Å². The highest BCUT2D eigenvalue weighted by Gasteiger charge is 2.44. The van der Waals surface area contributed by atoms with Gasteiger partial charge in [0.25, 0.3) is 5.91 Å². The van der Waals surface area contributed by atoms with E-state index in [1.54, 1.807) is 36.4 Å². The first kappa shape index (κ1) is 26.1. The van der Waals surface area contributed by atoms with Crippen molar-refractivity contribution in [2.45, 2.75) is 50.9 Å². The van der Waals surface area contributed by atoms with Gasteiger partial charge in [-0.2, -0.15) is 0 Å². The number of carboxylic acid groups (broad SMARTS) is 1. The Hall–Kier alpha value is -3.13. The molecule has 0 saturated heterocycles. The van der Waals surface area contributed by atoms with Crippen LogP contribution in [0.1, 0.15) is 38.3 Å². The van der Waals surface area contributed by atoms with E-state index in [-0.39, 0.29) is 30.3 Å². The monoisotopic (exact) mass is 470 g/mol. The summed E-state index contributed by atoms with van der Waals surface area (Å²) in [6, 6.07) is 16.8. The van der Waals surface area contributed by atoms with Crippen molar-refractivity contribution in [2.75, 3.05) is 0 Å². The minimum atomic E-state index is -1.63. The molecule has 0 bridgehead atoms. The molecule has 0 aliphatic carbocycles. The van der Waals surface area contributed by atoms with Gasteiger partial charge in [0.15, 0.2) is 9.99 Å². The third kappa shape index (κ3) is 8.38. The number of rotatable bonds is 11. The number of hydrogen-bond acceptors (Lipinski definition) is 5. The molecule has 0 heterocycles. The molecule has 0 aliphatic rings. The average Bonchev–Trinajstić information content (AvgIpc) is 2.73. The van der Waals surface area contributed by atoms with Crippen molar-refractivity contribution >= 4 is 34.7 Å². The summed E-state index contributed by atoms with van der Waals surface area (Å²) in [5, 5.41) is 14.7. The van der Waals surface area contributed by atoms with E-state index in [0.29, 0.717) is 11.8 Å². The van der Waals surface area contributed by atoms with Crippen molar-refractivity contribution in [1.29, 1.82) is 0 Å². The van der Waals surface area contributed by atoms with Gasteiger partial charge in [0.1, 0.15) is 6.04 Å². The molecule has 2 amide bonds. The number of amides is 2. The van der Waals surface area contributed by atoms with Crippen LogP contribution in [0.3, 0.4) is 0 Å². The van der Waals surface area contributed by atoms with Gasteiger partial charge in [0, 0.05) is 13.3 Å². The van der Waals surface area contributed by atoms with Crippen LogP contribution < -0.4 is 10.6 Å². The minimum Gasteiger partial charge on any atom is -0.480 e. The van der Waals surface area contributed by atoms with Gasteiger partial charge in [-0.25, -0.2) is 4.79 Å². The lowest BCUT2D eigenvalue weighted by molar-refractivity contribution is -0.142. The highest BCUT2D eigenvalue weighted by Crippen LogP contribution is 2.31. The third-order valence-electron chi connectivity index (χ3n) is 4.82. The Balaban J connectivity index is 2.30. The molecule has 2 rings (SSSR count). The Morgan fingerprint density at radius 1 is 0.939 bits per heavy atom. The number of carbonyl (C=O) groups is 4. The van der Waals surface area contributed by atoms with Crippen LogP contribution in [-0.2, 0) is 32.0 Å². The zero-order chi connectivity index (χ0) is 24.4. The van der Waals surface area contributed by atoms with Gasteiger partial charge in [-0.15, -0.1) is 0 Å². The van der Waals surface area contributed by atoms with Crippen molar-refractivity contribution in [3.05, 3.63) is 71.8 Å². The second-order valence-corrected chi connectivity index (χ2v) is 9.76. The van der Waals surface area contributed by atoms with Gasteiger partial charge in [-0.1, -0.05) is 86.3 Å². The maximum absolute atomic E-state index is 13.5. The first-order chi connectivity index (χ1) is 15.6. The predicted molar refractivity (Wildman–Crippen MR) is 128 cm³/mol. The van der Waals surface area contributed by atoms with E-state index in [1.165, 1.54) is 6.92 Å². The first-order valence-electron chi connectivity index (χ1n) is 10.7. The molecule has 176 valence electrons. The van der Waals surface area contributed by atoms with E-state index >= 15 is 0 Å². The standard InChI is InChI=1S/C25H30N2O5S/c1-17(2)16-25(33-18(3)28,27-22(29)15-20-12-8-5-9-13-20)24(32)26-21(23(30)31)14-19-10-6-4-7-11-19/h4-13,17,21H,14-16H2,1-3H3,(H,26,32)(H,27,29)(H,30,31)/t21-,25?/m0/s1. The Bertz CT molecular complexity index is 965. The van der Waals surface area contributed by atoms with Gasteiger partial charge >= 0.3 is 5.97 Å². The summed E-state index contributed by atoms with van der Waals surface area (Å²) in [6.45, 7) is 5.05. The maximum atomic E-state index is 13.5. The van der Waals surface area contributed by atoms with E-state index < -0.39 is 28.7 Å². The van der Waals surface area contributed by atoms with Crippen LogP contribution in [0.5, 0.6) is 0 Å². The van der Waals surface area contributed by atoms with Crippen molar-refractivity contribution in [3.63, 3.8) is 0 Å². The molecule has 0 fully saturated rings. The maximum Gasteiger partial charge on any atom is 0.326 e. The molecule has 0 aliphatic heterocycles. The highest BCUT2D eigenvalue weighted by molar-refractivity contribution is 8.15. The Morgan fingerprint density at radius 2 is 1.48 bits per heavy atom. The second-order valence-electron chi connectivity index (χ2n) is 8.28. The zero-order valence-electron chi connectivity index (χ0n) is 19.0. The van der Waals surface area contributed by atoms with Gasteiger partial charge in [-0.05, 0) is 23.5 Å². The molecular formula is C25H30N2O5S. The van der Waals surface area contributed by atoms with E-state index in [9.17, 15) is 24.3 Å². The largest absolute Gasteiger partial charge is 0.480 e. The quantitative estimate of drug-likeness (QED) is 0.435. The number of nitrogens with one attached hydrogen (secondary N) is 2. The lowest BCUT2D eigenvalue weighted by Crippen LogP contribution is -2.60. The number of thioether (sulfide) groups is 1. The van der Waals surface area contributed by atoms with Crippen LogP contribution in [0.2, 0.25) is 0 Å². The minimum absolute atomic E-state index is 0.0266.